The Morgan fingerprint density at radius 2 is 1.87 bits per heavy atom. The van der Waals surface area contributed by atoms with E-state index in [9.17, 15) is 14.0 Å². The van der Waals surface area contributed by atoms with Crippen molar-refractivity contribution >= 4 is 28.5 Å². The van der Waals surface area contributed by atoms with E-state index in [1.54, 1.807) is 24.4 Å². The number of pyridine rings is 1. The highest BCUT2D eigenvalue weighted by Gasteiger charge is 2.25. The zero-order valence-corrected chi connectivity index (χ0v) is 17.1. The summed E-state index contributed by atoms with van der Waals surface area (Å²) >= 11 is 0. The van der Waals surface area contributed by atoms with Gasteiger partial charge in [0, 0.05) is 35.3 Å². The first-order valence-electron chi connectivity index (χ1n) is 10.4. The molecular weight excluding hydrogens is 397 g/mol. The van der Waals surface area contributed by atoms with Crippen molar-refractivity contribution in [2.75, 3.05) is 31.6 Å². The van der Waals surface area contributed by atoms with Gasteiger partial charge in [-0.15, -0.1) is 0 Å². The van der Waals surface area contributed by atoms with Gasteiger partial charge in [0.05, 0.1) is 5.52 Å². The summed E-state index contributed by atoms with van der Waals surface area (Å²) in [5, 5.41) is 3.68. The van der Waals surface area contributed by atoms with Crippen molar-refractivity contribution in [2.45, 2.75) is 12.8 Å². The Morgan fingerprint density at radius 1 is 1.10 bits per heavy atom. The van der Waals surface area contributed by atoms with Crippen LogP contribution < -0.4 is 5.32 Å². The Labute approximate surface area is 180 Å². The molecule has 4 rings (SSSR count). The lowest BCUT2D eigenvalue weighted by Crippen LogP contribution is -2.38. The number of carbonyl (C=O) groups is 2. The normalized spacial score (nSPS) is 15.0. The van der Waals surface area contributed by atoms with E-state index in [1.165, 1.54) is 12.1 Å². The van der Waals surface area contributed by atoms with E-state index in [-0.39, 0.29) is 24.1 Å². The summed E-state index contributed by atoms with van der Waals surface area (Å²) in [5.41, 5.74) is 2.08. The Hall–Kier alpha value is -3.32. The first-order chi connectivity index (χ1) is 15.1. The fourth-order valence-electron chi connectivity index (χ4n) is 3.84. The van der Waals surface area contributed by atoms with E-state index in [0.717, 1.165) is 36.8 Å². The zero-order chi connectivity index (χ0) is 21.6. The number of likely N-dealkylation sites (tertiary alicyclic amines) is 1. The molecule has 7 heteroatoms. The van der Waals surface area contributed by atoms with Crippen molar-refractivity contribution in [3.8, 4) is 0 Å². The summed E-state index contributed by atoms with van der Waals surface area (Å²) in [6, 6.07) is 15.0. The van der Waals surface area contributed by atoms with Crippen molar-refractivity contribution in [1.82, 2.24) is 9.88 Å². The molecule has 1 aliphatic rings. The van der Waals surface area contributed by atoms with Crippen LogP contribution in [0.5, 0.6) is 0 Å². The van der Waals surface area contributed by atoms with Gasteiger partial charge in [0.25, 0.3) is 0 Å². The van der Waals surface area contributed by atoms with Gasteiger partial charge in [-0.3, -0.25) is 20.0 Å². The predicted octanol–water partition coefficient (Wildman–Crippen LogP) is 4.52. The molecule has 1 aliphatic heterocycles. The number of anilines is 1. The number of aromatic nitrogens is 1. The highest BCUT2D eigenvalue weighted by Crippen LogP contribution is 2.22. The van der Waals surface area contributed by atoms with Crippen molar-refractivity contribution < 1.29 is 18.7 Å². The van der Waals surface area contributed by atoms with Gasteiger partial charge in [0.15, 0.2) is 5.78 Å². The molecule has 0 unspecified atom stereocenters. The van der Waals surface area contributed by atoms with Gasteiger partial charge in [0.1, 0.15) is 12.4 Å². The second-order valence-electron chi connectivity index (χ2n) is 7.66. The predicted molar refractivity (Wildman–Crippen MR) is 117 cm³/mol. The summed E-state index contributed by atoms with van der Waals surface area (Å²) in [6.07, 6.45) is 2.72. The number of hydrogen-bond acceptors (Lipinski definition) is 5. The molecule has 0 radical (unpaired) electrons. The van der Waals surface area contributed by atoms with Crippen LogP contribution in [-0.4, -0.2) is 48.0 Å². The molecule has 1 amide bonds. The molecule has 1 aromatic heterocycles. The number of rotatable bonds is 6. The number of halogens is 1. The van der Waals surface area contributed by atoms with E-state index in [2.05, 4.69) is 15.2 Å². The molecular formula is C24H24FN3O3. The van der Waals surface area contributed by atoms with E-state index in [1.807, 2.05) is 24.3 Å². The standard InChI is InChI=1S/C24H24FN3O3/c25-20-5-3-17(4-6-20)23(29)18-9-12-28(13-10-18)14-15-31-24(30)27-21-7-8-22-19(16-21)2-1-11-26-22/h1-8,11,16,18H,9-10,12-15H2,(H,27,30). The number of carbonyl (C=O) groups excluding carboxylic acids is 2. The Morgan fingerprint density at radius 3 is 2.65 bits per heavy atom. The molecule has 0 aliphatic carbocycles. The molecule has 6 nitrogen and oxygen atoms in total. The van der Waals surface area contributed by atoms with Crippen molar-refractivity contribution in [3.05, 3.63) is 72.2 Å². The van der Waals surface area contributed by atoms with E-state index in [4.69, 9.17) is 4.74 Å². The number of benzene rings is 2. The van der Waals surface area contributed by atoms with Gasteiger partial charge in [0.2, 0.25) is 0 Å². The van der Waals surface area contributed by atoms with Crippen LogP contribution in [0.1, 0.15) is 23.2 Å². The maximum absolute atomic E-state index is 13.0. The molecule has 0 bridgehead atoms. The summed E-state index contributed by atoms with van der Waals surface area (Å²) in [6.45, 7) is 2.42. The second kappa shape index (κ2) is 9.66. The molecule has 1 N–H and O–H groups in total. The van der Waals surface area contributed by atoms with Crippen molar-refractivity contribution in [2.24, 2.45) is 5.92 Å². The first-order valence-corrected chi connectivity index (χ1v) is 10.4. The van der Waals surface area contributed by atoms with Gasteiger partial charge >= 0.3 is 6.09 Å². The minimum Gasteiger partial charge on any atom is -0.448 e. The molecule has 2 aromatic carbocycles. The number of ketones is 1. The highest BCUT2D eigenvalue weighted by atomic mass is 19.1. The van der Waals surface area contributed by atoms with E-state index >= 15 is 0 Å². The monoisotopic (exact) mass is 421 g/mol. The van der Waals surface area contributed by atoms with Gasteiger partial charge in [-0.05, 0) is 74.5 Å². The van der Waals surface area contributed by atoms with Crippen LogP contribution in [0.2, 0.25) is 0 Å². The number of ether oxygens (including phenoxy) is 1. The quantitative estimate of drug-likeness (QED) is 0.593. The number of fused-ring (bicyclic) bond motifs is 1. The van der Waals surface area contributed by atoms with E-state index in [0.29, 0.717) is 17.8 Å². The summed E-state index contributed by atoms with van der Waals surface area (Å²) < 4.78 is 18.3. The topological polar surface area (TPSA) is 71.5 Å². The maximum atomic E-state index is 13.0. The third-order valence-electron chi connectivity index (χ3n) is 5.58. The Balaban J connectivity index is 1.18. The van der Waals surface area contributed by atoms with E-state index < -0.39 is 6.09 Å². The van der Waals surface area contributed by atoms with Crippen molar-refractivity contribution in [1.29, 1.82) is 0 Å². The first kappa shape index (κ1) is 20.9. The average Bonchev–Trinajstić information content (AvgIpc) is 2.79. The van der Waals surface area contributed by atoms with Crippen LogP contribution in [-0.2, 0) is 4.74 Å². The van der Waals surface area contributed by atoms with Crippen LogP contribution >= 0.6 is 0 Å². The lowest BCUT2D eigenvalue weighted by molar-refractivity contribution is 0.0813. The molecule has 1 saturated heterocycles. The average molecular weight is 421 g/mol. The van der Waals surface area contributed by atoms with Crippen LogP contribution in [0.3, 0.4) is 0 Å². The second-order valence-corrected chi connectivity index (χ2v) is 7.66. The Kier molecular flexibility index (Phi) is 6.52. The number of piperidine rings is 1. The van der Waals surface area contributed by atoms with Crippen LogP contribution in [0.15, 0.2) is 60.8 Å². The lowest BCUT2D eigenvalue weighted by Gasteiger charge is -2.31. The summed E-state index contributed by atoms with van der Waals surface area (Å²) in [5.74, 6) is -0.317. The number of nitrogens with zero attached hydrogens (tertiary/aromatic N) is 2. The molecule has 0 spiro atoms. The summed E-state index contributed by atoms with van der Waals surface area (Å²) in [7, 11) is 0. The zero-order valence-electron chi connectivity index (χ0n) is 17.1. The SMILES string of the molecule is O=C(Nc1ccc2ncccc2c1)OCCN1CCC(C(=O)c2ccc(F)cc2)CC1. The third kappa shape index (κ3) is 5.44. The highest BCUT2D eigenvalue weighted by molar-refractivity contribution is 5.97. The largest absolute Gasteiger partial charge is 0.448 e. The molecule has 3 aromatic rings. The van der Waals surface area contributed by atoms with Gasteiger partial charge in [-0.1, -0.05) is 6.07 Å². The van der Waals surface area contributed by atoms with Gasteiger partial charge < -0.3 is 4.74 Å². The fourth-order valence-corrected chi connectivity index (χ4v) is 3.84. The van der Waals surface area contributed by atoms with Crippen LogP contribution in [0.4, 0.5) is 14.9 Å². The Bertz CT molecular complexity index is 1060. The van der Waals surface area contributed by atoms with Crippen LogP contribution in [0.25, 0.3) is 10.9 Å². The van der Waals surface area contributed by atoms with Crippen molar-refractivity contribution in [3.63, 3.8) is 0 Å². The lowest BCUT2D eigenvalue weighted by atomic mass is 9.89. The minimum atomic E-state index is -0.496. The fraction of sp³-hybridized carbons (Fsp3) is 0.292. The van der Waals surface area contributed by atoms with Gasteiger partial charge in [-0.25, -0.2) is 9.18 Å². The maximum Gasteiger partial charge on any atom is 0.411 e. The number of Topliss-reactive ketones (excluding diaryl/α,β-unsaturated/α-hetero) is 1. The third-order valence-corrected chi connectivity index (χ3v) is 5.58. The smallest absolute Gasteiger partial charge is 0.411 e. The molecule has 0 atom stereocenters. The number of hydrogen-bond donors (Lipinski definition) is 1. The molecule has 31 heavy (non-hydrogen) atoms. The minimum absolute atomic E-state index is 0.0479. The molecule has 2 heterocycles. The molecule has 1 fully saturated rings. The summed E-state index contributed by atoms with van der Waals surface area (Å²) in [4.78, 5) is 31.1. The number of nitrogens with one attached hydrogen (secondary N) is 1. The van der Waals surface area contributed by atoms with Gasteiger partial charge in [-0.2, -0.15) is 0 Å². The molecule has 0 saturated carbocycles. The number of amides is 1. The molecule has 160 valence electrons. The van der Waals surface area contributed by atoms with Crippen LogP contribution in [0, 0.1) is 11.7 Å².